The number of fused-ring (bicyclic) bond motifs is 2. The number of aliphatic carboxylic acids is 1. The van der Waals surface area contributed by atoms with Crippen LogP contribution in [0.2, 0.25) is 0 Å². The van der Waals surface area contributed by atoms with Crippen LogP contribution in [0, 0.1) is 5.92 Å². The molecule has 1 fully saturated rings. The Morgan fingerprint density at radius 2 is 2.00 bits per heavy atom. The Bertz CT molecular complexity index is 487. The quantitative estimate of drug-likeness (QED) is 0.801. The molecule has 3 heteroatoms. The number of carboxylic acid groups (broad SMARTS) is 1. The molecule has 2 aliphatic carbocycles. The van der Waals surface area contributed by atoms with E-state index in [1.165, 1.54) is 0 Å². The third-order valence-electron chi connectivity index (χ3n) is 4.83. The lowest BCUT2D eigenvalue weighted by Crippen LogP contribution is -2.41. The lowest BCUT2D eigenvalue weighted by molar-refractivity contribution is -0.145. The molecular weight excluding hydrogens is 228 g/mol. The minimum absolute atomic E-state index is 0.224. The summed E-state index contributed by atoms with van der Waals surface area (Å²) in [5.74, 6) is -0.622. The Hall–Kier alpha value is -1.51. The number of rotatable bonds is 1. The highest BCUT2D eigenvalue weighted by Gasteiger charge is 2.49. The summed E-state index contributed by atoms with van der Waals surface area (Å²) in [6, 6.07) is 5.58. The summed E-state index contributed by atoms with van der Waals surface area (Å²) >= 11 is 0. The topological polar surface area (TPSA) is 57.5 Å². The molecule has 1 unspecified atom stereocenters. The van der Waals surface area contributed by atoms with Gasteiger partial charge in [0, 0.05) is 5.41 Å². The van der Waals surface area contributed by atoms with E-state index in [9.17, 15) is 15.0 Å². The number of aromatic hydroxyl groups is 1. The molecule has 2 aliphatic rings. The van der Waals surface area contributed by atoms with Gasteiger partial charge in [-0.15, -0.1) is 0 Å². The van der Waals surface area contributed by atoms with Gasteiger partial charge >= 0.3 is 5.97 Å². The molecule has 0 bridgehead atoms. The van der Waals surface area contributed by atoms with Crippen molar-refractivity contribution in [2.75, 3.05) is 0 Å². The van der Waals surface area contributed by atoms with E-state index < -0.39 is 5.97 Å². The van der Waals surface area contributed by atoms with Gasteiger partial charge in [0.25, 0.3) is 0 Å². The fraction of sp³-hybridized carbons (Fsp3) is 0.533. The van der Waals surface area contributed by atoms with Crippen molar-refractivity contribution in [1.82, 2.24) is 0 Å². The number of phenols is 1. The van der Waals surface area contributed by atoms with Gasteiger partial charge in [-0.3, -0.25) is 4.79 Å². The number of phenolic OH excluding ortho intramolecular Hbond substituents is 1. The van der Waals surface area contributed by atoms with Crippen molar-refractivity contribution in [3.05, 3.63) is 29.3 Å². The van der Waals surface area contributed by atoms with Gasteiger partial charge in [-0.25, -0.2) is 0 Å². The molecule has 0 aliphatic heterocycles. The molecule has 1 aromatic rings. The van der Waals surface area contributed by atoms with Crippen LogP contribution in [0.15, 0.2) is 18.2 Å². The highest BCUT2D eigenvalue weighted by atomic mass is 16.4. The first kappa shape index (κ1) is 11.6. The molecule has 0 aromatic heterocycles. The summed E-state index contributed by atoms with van der Waals surface area (Å²) in [6.07, 6.45) is 5.42. The Kier molecular flexibility index (Phi) is 2.58. The Balaban J connectivity index is 2.17. The van der Waals surface area contributed by atoms with Crippen molar-refractivity contribution < 1.29 is 15.0 Å². The van der Waals surface area contributed by atoms with E-state index in [2.05, 4.69) is 0 Å². The monoisotopic (exact) mass is 246 g/mol. The predicted octanol–water partition coefficient (Wildman–Crippen LogP) is 2.85. The van der Waals surface area contributed by atoms with Gasteiger partial charge in [0.15, 0.2) is 0 Å². The first-order valence-corrected chi connectivity index (χ1v) is 6.69. The smallest absolute Gasteiger partial charge is 0.307 e. The van der Waals surface area contributed by atoms with Crippen LogP contribution >= 0.6 is 0 Å². The highest BCUT2D eigenvalue weighted by Crippen LogP contribution is 2.53. The molecule has 1 spiro atoms. The van der Waals surface area contributed by atoms with Crippen molar-refractivity contribution >= 4 is 5.97 Å². The molecule has 18 heavy (non-hydrogen) atoms. The summed E-state index contributed by atoms with van der Waals surface area (Å²) < 4.78 is 0. The largest absolute Gasteiger partial charge is 0.508 e. The van der Waals surface area contributed by atoms with E-state index in [1.807, 2.05) is 12.1 Å². The fourth-order valence-corrected chi connectivity index (χ4v) is 4.04. The number of hydrogen-bond acceptors (Lipinski definition) is 2. The molecule has 0 saturated heterocycles. The van der Waals surface area contributed by atoms with Crippen molar-refractivity contribution in [3.8, 4) is 5.75 Å². The second kappa shape index (κ2) is 4.01. The van der Waals surface area contributed by atoms with Gasteiger partial charge in [-0.2, -0.15) is 0 Å². The second-order valence-corrected chi connectivity index (χ2v) is 5.60. The minimum Gasteiger partial charge on any atom is -0.508 e. The van der Waals surface area contributed by atoms with Gasteiger partial charge in [0.2, 0.25) is 0 Å². The number of hydrogen-bond donors (Lipinski definition) is 2. The highest BCUT2D eigenvalue weighted by molar-refractivity contribution is 5.74. The average Bonchev–Trinajstić information content (AvgIpc) is 2.80. The molecular formula is C15H18O3. The Labute approximate surface area is 106 Å². The van der Waals surface area contributed by atoms with E-state index in [1.54, 1.807) is 6.07 Å². The summed E-state index contributed by atoms with van der Waals surface area (Å²) in [4.78, 5) is 11.5. The summed E-state index contributed by atoms with van der Waals surface area (Å²) in [5.41, 5.74) is 1.86. The predicted molar refractivity (Wildman–Crippen MR) is 67.7 cm³/mol. The molecule has 3 rings (SSSR count). The molecule has 1 saturated carbocycles. The molecule has 96 valence electrons. The lowest BCUT2D eigenvalue weighted by Gasteiger charge is -2.41. The van der Waals surface area contributed by atoms with Gasteiger partial charge in [0.05, 0.1) is 5.92 Å². The van der Waals surface area contributed by atoms with Gasteiger partial charge in [0.1, 0.15) is 5.75 Å². The fourth-order valence-electron chi connectivity index (χ4n) is 4.04. The number of carboxylic acids is 1. The van der Waals surface area contributed by atoms with E-state index >= 15 is 0 Å². The molecule has 0 amide bonds. The van der Waals surface area contributed by atoms with Gasteiger partial charge in [-0.05, 0) is 42.9 Å². The van der Waals surface area contributed by atoms with Crippen LogP contribution in [0.3, 0.4) is 0 Å². The van der Waals surface area contributed by atoms with Crippen molar-refractivity contribution in [2.24, 2.45) is 5.92 Å². The normalized spacial score (nSPS) is 25.0. The maximum absolute atomic E-state index is 11.5. The minimum atomic E-state index is -0.675. The van der Waals surface area contributed by atoms with Crippen LogP contribution in [0.4, 0.5) is 0 Å². The van der Waals surface area contributed by atoms with Crippen LogP contribution in [0.5, 0.6) is 5.75 Å². The third kappa shape index (κ3) is 1.46. The van der Waals surface area contributed by atoms with Gasteiger partial charge < -0.3 is 10.2 Å². The van der Waals surface area contributed by atoms with Crippen molar-refractivity contribution in [1.29, 1.82) is 0 Å². The average molecular weight is 246 g/mol. The number of carbonyl (C=O) groups is 1. The SMILES string of the molecule is O=C(O)C1CCc2c(O)cccc2C12CCCC2. The first-order valence-electron chi connectivity index (χ1n) is 6.69. The zero-order valence-electron chi connectivity index (χ0n) is 10.4. The lowest BCUT2D eigenvalue weighted by atomic mass is 9.62. The molecule has 0 heterocycles. The van der Waals surface area contributed by atoms with Crippen LogP contribution in [-0.2, 0) is 16.6 Å². The van der Waals surface area contributed by atoms with Gasteiger partial charge in [-0.1, -0.05) is 25.0 Å². The van der Waals surface area contributed by atoms with E-state index in [0.717, 1.165) is 36.8 Å². The van der Waals surface area contributed by atoms with E-state index in [-0.39, 0.29) is 11.3 Å². The molecule has 1 aromatic carbocycles. The first-order chi connectivity index (χ1) is 8.65. The summed E-state index contributed by atoms with van der Waals surface area (Å²) in [5, 5.41) is 19.5. The van der Waals surface area contributed by atoms with Crippen LogP contribution < -0.4 is 0 Å². The Morgan fingerprint density at radius 3 is 2.67 bits per heavy atom. The summed E-state index contributed by atoms with van der Waals surface area (Å²) in [7, 11) is 0. The van der Waals surface area contributed by atoms with Crippen molar-refractivity contribution in [2.45, 2.75) is 43.9 Å². The molecule has 3 nitrogen and oxygen atoms in total. The van der Waals surface area contributed by atoms with Crippen LogP contribution in [0.25, 0.3) is 0 Å². The van der Waals surface area contributed by atoms with Crippen LogP contribution in [-0.4, -0.2) is 16.2 Å². The molecule has 2 N–H and O–H groups in total. The standard InChI is InChI=1S/C15H18O3/c16-13-5-3-4-11-10(13)6-7-12(14(17)18)15(11)8-1-2-9-15/h3-5,12,16H,1-2,6-9H2,(H,17,18). The second-order valence-electron chi connectivity index (χ2n) is 5.60. The van der Waals surface area contributed by atoms with Crippen molar-refractivity contribution in [3.63, 3.8) is 0 Å². The zero-order valence-corrected chi connectivity index (χ0v) is 10.4. The zero-order chi connectivity index (χ0) is 12.8. The molecule has 1 atom stereocenters. The van der Waals surface area contributed by atoms with E-state index in [4.69, 9.17) is 0 Å². The molecule has 0 radical (unpaired) electrons. The van der Waals surface area contributed by atoms with Crippen LogP contribution in [0.1, 0.15) is 43.2 Å². The summed E-state index contributed by atoms with van der Waals surface area (Å²) in [6.45, 7) is 0. The maximum atomic E-state index is 11.5. The maximum Gasteiger partial charge on any atom is 0.307 e. The Morgan fingerprint density at radius 1 is 1.28 bits per heavy atom. The third-order valence-corrected chi connectivity index (χ3v) is 4.83. The van der Waals surface area contributed by atoms with E-state index in [0.29, 0.717) is 18.6 Å². The number of benzene rings is 1.